The van der Waals surface area contributed by atoms with Crippen molar-refractivity contribution < 1.29 is 24.6 Å². The number of carboxylic acid groups (broad SMARTS) is 2. The molecular weight excluding hydrogens is 236 g/mol. The molecule has 2 bridgehead atoms. The third-order valence-corrected chi connectivity index (χ3v) is 4.33. The summed E-state index contributed by atoms with van der Waals surface area (Å²) >= 11 is 0. The molecule has 5 heteroatoms. The van der Waals surface area contributed by atoms with E-state index in [1.807, 2.05) is 0 Å². The number of carbonyl (C=O) groups excluding carboxylic acids is 1. The van der Waals surface area contributed by atoms with Crippen LogP contribution < -0.4 is 0 Å². The van der Waals surface area contributed by atoms with Crippen molar-refractivity contribution in [1.29, 1.82) is 0 Å². The van der Waals surface area contributed by atoms with Crippen molar-refractivity contribution in [1.82, 2.24) is 0 Å². The molecule has 18 heavy (non-hydrogen) atoms. The second kappa shape index (κ2) is 4.55. The molecule has 3 aliphatic carbocycles. The molecule has 0 spiro atoms. The Balaban J connectivity index is 2.36. The minimum atomic E-state index is -1.16. The summed E-state index contributed by atoms with van der Waals surface area (Å²) in [5, 5.41) is 18.4. The van der Waals surface area contributed by atoms with Gasteiger partial charge in [0, 0.05) is 12.3 Å². The fourth-order valence-corrected chi connectivity index (χ4v) is 3.61. The molecule has 0 aromatic rings. The summed E-state index contributed by atoms with van der Waals surface area (Å²) in [5.41, 5.74) is 0. The first-order valence-corrected chi connectivity index (χ1v) is 6.06. The fraction of sp³-hybridized carbons (Fsp3) is 0.615. The van der Waals surface area contributed by atoms with Gasteiger partial charge in [-0.05, 0) is 24.7 Å². The number of aliphatic carboxylic acids is 2. The largest absolute Gasteiger partial charge is 0.481 e. The molecule has 5 atom stereocenters. The van der Waals surface area contributed by atoms with Gasteiger partial charge in [-0.1, -0.05) is 6.08 Å². The van der Waals surface area contributed by atoms with E-state index in [0.717, 1.165) is 0 Å². The number of carbonyl (C=O) groups is 3. The Kier molecular flexibility index (Phi) is 3.24. The minimum absolute atomic E-state index is 0.0712. The molecule has 98 valence electrons. The standard InChI is InChI=1S/C13H16O5/c1-2-3-6-4-8-9(14)5-7(6)10(12(15)16)11(8)13(17)18/h2,6-8,10-11H,1,3-5H2,(H,15,16)(H,17,18)/t6-,7-,8-,10-,11+/m1/s1. The van der Waals surface area contributed by atoms with Gasteiger partial charge in [-0.15, -0.1) is 6.58 Å². The van der Waals surface area contributed by atoms with Gasteiger partial charge in [0.25, 0.3) is 0 Å². The lowest BCUT2D eigenvalue weighted by molar-refractivity contribution is -0.172. The lowest BCUT2D eigenvalue weighted by atomic mass is 9.53. The molecule has 3 fully saturated rings. The van der Waals surface area contributed by atoms with Gasteiger partial charge < -0.3 is 10.2 Å². The zero-order valence-corrected chi connectivity index (χ0v) is 9.91. The van der Waals surface area contributed by atoms with E-state index in [2.05, 4.69) is 6.58 Å². The van der Waals surface area contributed by atoms with Gasteiger partial charge in [-0.25, -0.2) is 0 Å². The monoisotopic (exact) mass is 252 g/mol. The molecule has 3 aliphatic rings. The van der Waals surface area contributed by atoms with E-state index in [-0.39, 0.29) is 24.0 Å². The molecule has 0 unspecified atom stereocenters. The maximum Gasteiger partial charge on any atom is 0.308 e. The highest BCUT2D eigenvalue weighted by atomic mass is 16.4. The van der Waals surface area contributed by atoms with Gasteiger partial charge in [0.15, 0.2) is 0 Å². The molecule has 0 amide bonds. The van der Waals surface area contributed by atoms with Crippen molar-refractivity contribution >= 4 is 17.7 Å². The van der Waals surface area contributed by atoms with Gasteiger partial charge in [0.2, 0.25) is 0 Å². The first kappa shape index (κ1) is 12.8. The Morgan fingerprint density at radius 3 is 2.39 bits per heavy atom. The van der Waals surface area contributed by atoms with Crippen LogP contribution in [0.4, 0.5) is 0 Å². The second-order valence-corrected chi connectivity index (χ2v) is 5.19. The maximum atomic E-state index is 11.8. The minimum Gasteiger partial charge on any atom is -0.481 e. The van der Waals surface area contributed by atoms with Crippen molar-refractivity contribution in [2.45, 2.75) is 19.3 Å². The highest BCUT2D eigenvalue weighted by Crippen LogP contribution is 2.51. The second-order valence-electron chi connectivity index (χ2n) is 5.19. The number of allylic oxidation sites excluding steroid dienone is 1. The number of hydrogen-bond acceptors (Lipinski definition) is 3. The number of fused-ring (bicyclic) bond motifs is 3. The molecule has 2 N–H and O–H groups in total. The molecule has 3 rings (SSSR count). The Hall–Kier alpha value is -1.65. The molecule has 0 radical (unpaired) electrons. The van der Waals surface area contributed by atoms with E-state index in [4.69, 9.17) is 0 Å². The molecule has 0 saturated heterocycles. The van der Waals surface area contributed by atoms with Crippen molar-refractivity contribution in [2.75, 3.05) is 0 Å². The van der Waals surface area contributed by atoms with Crippen LogP contribution in [0.15, 0.2) is 12.7 Å². The van der Waals surface area contributed by atoms with Gasteiger partial charge in [-0.3, -0.25) is 14.4 Å². The summed E-state index contributed by atoms with van der Waals surface area (Å²) in [6.45, 7) is 3.63. The van der Waals surface area contributed by atoms with Gasteiger partial charge in [0.05, 0.1) is 11.8 Å². The zero-order valence-electron chi connectivity index (χ0n) is 9.91. The molecule has 0 aromatic heterocycles. The topological polar surface area (TPSA) is 91.7 Å². The van der Waals surface area contributed by atoms with E-state index >= 15 is 0 Å². The van der Waals surface area contributed by atoms with Gasteiger partial charge >= 0.3 is 11.9 Å². The Morgan fingerprint density at radius 2 is 1.89 bits per heavy atom. The van der Waals surface area contributed by atoms with E-state index < -0.39 is 29.7 Å². The van der Waals surface area contributed by atoms with Gasteiger partial charge in [0.1, 0.15) is 5.78 Å². The van der Waals surface area contributed by atoms with E-state index in [1.54, 1.807) is 6.08 Å². The maximum absolute atomic E-state index is 11.8. The van der Waals surface area contributed by atoms with Crippen LogP contribution in [0.5, 0.6) is 0 Å². The first-order valence-electron chi connectivity index (χ1n) is 6.06. The first-order chi connectivity index (χ1) is 8.47. The molecule has 5 nitrogen and oxygen atoms in total. The SMILES string of the molecule is C=CC[C@@H]1C[C@@H]2C(=O)C[C@H]1[C@@H](C(=O)O)[C@H]2C(=O)O. The number of carboxylic acids is 2. The number of rotatable bonds is 4. The van der Waals surface area contributed by atoms with E-state index in [1.165, 1.54) is 0 Å². The van der Waals surface area contributed by atoms with Crippen LogP contribution in [0.2, 0.25) is 0 Å². The third-order valence-electron chi connectivity index (χ3n) is 4.33. The van der Waals surface area contributed by atoms with E-state index in [0.29, 0.717) is 12.8 Å². The molecule has 3 saturated carbocycles. The van der Waals surface area contributed by atoms with Crippen LogP contribution in [0.1, 0.15) is 19.3 Å². The van der Waals surface area contributed by atoms with Crippen molar-refractivity contribution in [3.05, 3.63) is 12.7 Å². The molecular formula is C13H16O5. The smallest absolute Gasteiger partial charge is 0.308 e. The fourth-order valence-electron chi connectivity index (χ4n) is 3.61. The number of ketones is 1. The Morgan fingerprint density at radius 1 is 1.28 bits per heavy atom. The quantitative estimate of drug-likeness (QED) is 0.733. The lowest BCUT2D eigenvalue weighted by Gasteiger charge is -2.48. The summed E-state index contributed by atoms with van der Waals surface area (Å²) in [7, 11) is 0. The van der Waals surface area contributed by atoms with Crippen LogP contribution in [0, 0.1) is 29.6 Å². The summed E-state index contributed by atoms with van der Waals surface area (Å²) in [5.74, 6) is -5.29. The predicted molar refractivity (Wildman–Crippen MR) is 61.8 cm³/mol. The molecule has 0 heterocycles. The van der Waals surface area contributed by atoms with Crippen LogP contribution in [0.25, 0.3) is 0 Å². The van der Waals surface area contributed by atoms with Crippen LogP contribution >= 0.6 is 0 Å². The molecule has 0 aromatic carbocycles. The highest BCUT2D eigenvalue weighted by molar-refractivity contribution is 5.92. The van der Waals surface area contributed by atoms with Gasteiger partial charge in [-0.2, -0.15) is 0 Å². The van der Waals surface area contributed by atoms with Crippen molar-refractivity contribution in [2.24, 2.45) is 29.6 Å². The van der Waals surface area contributed by atoms with Crippen LogP contribution in [-0.4, -0.2) is 27.9 Å². The predicted octanol–water partition coefficient (Wildman–Crippen LogP) is 1.19. The molecule has 0 aliphatic heterocycles. The number of Topliss-reactive ketones (excluding diaryl/α,β-unsaturated/α-hetero) is 1. The average molecular weight is 252 g/mol. The number of hydrogen-bond donors (Lipinski definition) is 2. The Bertz CT molecular complexity index is 414. The van der Waals surface area contributed by atoms with Crippen molar-refractivity contribution in [3.8, 4) is 0 Å². The van der Waals surface area contributed by atoms with Crippen LogP contribution in [-0.2, 0) is 14.4 Å². The van der Waals surface area contributed by atoms with E-state index in [9.17, 15) is 24.6 Å². The lowest BCUT2D eigenvalue weighted by Crippen LogP contribution is -2.55. The summed E-state index contributed by atoms with van der Waals surface area (Å²) < 4.78 is 0. The summed E-state index contributed by atoms with van der Waals surface area (Å²) in [6.07, 6.45) is 3.04. The average Bonchev–Trinajstić information content (AvgIpc) is 2.29. The Labute approximate surface area is 104 Å². The summed E-state index contributed by atoms with van der Waals surface area (Å²) in [4.78, 5) is 34.4. The third kappa shape index (κ3) is 1.83. The van der Waals surface area contributed by atoms with Crippen molar-refractivity contribution in [3.63, 3.8) is 0 Å². The summed E-state index contributed by atoms with van der Waals surface area (Å²) in [6, 6.07) is 0. The zero-order chi connectivity index (χ0) is 13.4. The highest BCUT2D eigenvalue weighted by Gasteiger charge is 2.57. The normalized spacial score (nSPS) is 38.4. The van der Waals surface area contributed by atoms with Crippen LogP contribution in [0.3, 0.4) is 0 Å².